The summed E-state index contributed by atoms with van der Waals surface area (Å²) in [5.41, 5.74) is 6.88. The maximum absolute atomic E-state index is 12.3. The normalized spacial score (nSPS) is 12.9. The fraction of sp³-hybridized carbons (Fsp3) is 0.533. The van der Waals surface area contributed by atoms with E-state index in [0.717, 1.165) is 4.31 Å². The summed E-state index contributed by atoms with van der Waals surface area (Å²) in [5.74, 6) is -0.00537. The molecule has 3 N–H and O–H groups in total. The van der Waals surface area contributed by atoms with Gasteiger partial charge in [0, 0.05) is 19.8 Å². The molecule has 0 bridgehead atoms. The van der Waals surface area contributed by atoms with E-state index in [1.54, 1.807) is 19.1 Å². The zero-order valence-corrected chi connectivity index (χ0v) is 15.8. The fourth-order valence-corrected chi connectivity index (χ4v) is 3.15. The quantitative estimate of drug-likeness (QED) is 0.808. The molecule has 0 aromatic heterocycles. The number of amides is 1. The number of benzene rings is 1. The Hall–Kier alpha value is -1.15. The summed E-state index contributed by atoms with van der Waals surface area (Å²) in [5, 5.41) is 2.68. The van der Waals surface area contributed by atoms with Crippen LogP contribution in [-0.4, -0.2) is 38.8 Å². The van der Waals surface area contributed by atoms with Crippen molar-refractivity contribution in [3.8, 4) is 0 Å². The van der Waals surface area contributed by atoms with E-state index in [1.807, 2.05) is 13.8 Å². The number of hydrogen-bond donors (Lipinski definition) is 2. The average molecular weight is 364 g/mol. The first kappa shape index (κ1) is 21.9. The number of nitrogens with zero attached hydrogens (tertiary/aromatic N) is 1. The summed E-state index contributed by atoms with van der Waals surface area (Å²) >= 11 is 0. The Morgan fingerprint density at radius 1 is 1.30 bits per heavy atom. The second-order valence-electron chi connectivity index (χ2n) is 5.99. The first-order valence-electron chi connectivity index (χ1n) is 7.15. The van der Waals surface area contributed by atoms with Crippen molar-refractivity contribution in [2.24, 2.45) is 11.7 Å². The molecule has 0 aliphatic heterocycles. The van der Waals surface area contributed by atoms with E-state index in [2.05, 4.69) is 5.32 Å². The molecule has 6 nitrogen and oxygen atoms in total. The van der Waals surface area contributed by atoms with Gasteiger partial charge >= 0.3 is 0 Å². The third-order valence-corrected chi connectivity index (χ3v) is 5.23. The van der Waals surface area contributed by atoms with Gasteiger partial charge in [-0.3, -0.25) is 4.79 Å². The fourth-order valence-electron chi connectivity index (χ4n) is 2.00. The van der Waals surface area contributed by atoms with Crippen molar-refractivity contribution in [2.75, 3.05) is 19.4 Å². The molecule has 0 unspecified atom stereocenters. The molecule has 1 amide bonds. The molecule has 0 aliphatic rings. The van der Waals surface area contributed by atoms with Crippen molar-refractivity contribution in [1.82, 2.24) is 4.31 Å². The third kappa shape index (κ3) is 5.76. The predicted molar refractivity (Wildman–Crippen MR) is 95.4 cm³/mol. The van der Waals surface area contributed by atoms with Gasteiger partial charge < -0.3 is 11.1 Å². The number of carbonyl (C=O) groups is 1. The number of rotatable bonds is 6. The number of hydrogen-bond acceptors (Lipinski definition) is 4. The lowest BCUT2D eigenvalue weighted by molar-refractivity contribution is -0.117. The molecule has 0 saturated heterocycles. The molecule has 8 heteroatoms. The molecule has 1 aromatic carbocycles. The van der Waals surface area contributed by atoms with E-state index in [4.69, 9.17) is 5.73 Å². The van der Waals surface area contributed by atoms with Gasteiger partial charge in [0.2, 0.25) is 15.9 Å². The maximum atomic E-state index is 12.3. The SMILES string of the molecule is Cc1ccc(NC(=O)[C@@H](N)CC(C)C)cc1S(=O)(=O)N(C)C.Cl. The first-order chi connectivity index (χ1) is 10.1. The van der Waals surface area contributed by atoms with Gasteiger partial charge in [-0.1, -0.05) is 19.9 Å². The Labute approximate surface area is 144 Å². The molecule has 0 heterocycles. The molecule has 23 heavy (non-hydrogen) atoms. The van der Waals surface area contributed by atoms with Crippen LogP contribution in [0.15, 0.2) is 23.1 Å². The number of nitrogens with two attached hydrogens (primary N) is 1. The minimum absolute atomic E-state index is 0. The zero-order chi connectivity index (χ0) is 17.1. The van der Waals surface area contributed by atoms with Crippen molar-refractivity contribution in [1.29, 1.82) is 0 Å². The van der Waals surface area contributed by atoms with E-state index in [9.17, 15) is 13.2 Å². The summed E-state index contributed by atoms with van der Waals surface area (Å²) < 4.78 is 25.7. The summed E-state index contributed by atoms with van der Waals surface area (Å²) in [6.45, 7) is 5.69. The lowest BCUT2D eigenvalue weighted by Crippen LogP contribution is -2.36. The first-order valence-corrected chi connectivity index (χ1v) is 8.59. The Balaban J connectivity index is 0.00000484. The molecule has 1 atom stereocenters. The highest BCUT2D eigenvalue weighted by molar-refractivity contribution is 7.89. The molecule has 0 aliphatic carbocycles. The van der Waals surface area contributed by atoms with Gasteiger partial charge in [-0.05, 0) is 37.0 Å². The number of sulfonamides is 1. The molecule has 0 fully saturated rings. The van der Waals surface area contributed by atoms with Crippen molar-refractivity contribution in [3.05, 3.63) is 23.8 Å². The highest BCUT2D eigenvalue weighted by Crippen LogP contribution is 2.22. The van der Waals surface area contributed by atoms with Crippen LogP contribution in [0, 0.1) is 12.8 Å². The topological polar surface area (TPSA) is 92.5 Å². The molecule has 132 valence electrons. The number of anilines is 1. The minimum Gasteiger partial charge on any atom is -0.325 e. The van der Waals surface area contributed by atoms with E-state index >= 15 is 0 Å². The van der Waals surface area contributed by atoms with Gasteiger partial charge in [0.25, 0.3) is 0 Å². The molecule has 1 rings (SSSR count). The van der Waals surface area contributed by atoms with Gasteiger partial charge in [-0.2, -0.15) is 0 Å². The van der Waals surface area contributed by atoms with Gasteiger partial charge in [0.1, 0.15) is 0 Å². The Bertz CT molecular complexity index is 645. The molecule has 0 saturated carbocycles. The summed E-state index contributed by atoms with van der Waals surface area (Å²) in [7, 11) is -0.613. The van der Waals surface area contributed by atoms with Crippen LogP contribution in [0.3, 0.4) is 0 Å². The zero-order valence-electron chi connectivity index (χ0n) is 14.2. The van der Waals surface area contributed by atoms with Crippen molar-refractivity contribution < 1.29 is 13.2 Å². The maximum Gasteiger partial charge on any atom is 0.242 e. The van der Waals surface area contributed by atoms with Gasteiger partial charge in [0.15, 0.2) is 0 Å². The van der Waals surface area contributed by atoms with Gasteiger partial charge in [0.05, 0.1) is 10.9 Å². The van der Waals surface area contributed by atoms with Crippen molar-refractivity contribution in [2.45, 2.75) is 38.1 Å². The highest BCUT2D eigenvalue weighted by Gasteiger charge is 2.21. The van der Waals surface area contributed by atoms with Crippen molar-refractivity contribution in [3.63, 3.8) is 0 Å². The average Bonchev–Trinajstić information content (AvgIpc) is 2.39. The van der Waals surface area contributed by atoms with Crippen LogP contribution >= 0.6 is 12.4 Å². The predicted octanol–water partition coefficient (Wildman–Crippen LogP) is 1.98. The Kier molecular flexibility index (Phi) is 8.20. The monoisotopic (exact) mass is 363 g/mol. The highest BCUT2D eigenvalue weighted by atomic mass is 35.5. The van der Waals surface area contributed by atoms with Crippen LogP contribution in [0.1, 0.15) is 25.8 Å². The van der Waals surface area contributed by atoms with Gasteiger partial charge in [-0.15, -0.1) is 12.4 Å². The number of aryl methyl sites for hydroxylation is 1. The second kappa shape index (κ2) is 8.63. The van der Waals surface area contributed by atoms with Crippen LogP contribution in [-0.2, 0) is 14.8 Å². The molecule has 0 spiro atoms. The van der Waals surface area contributed by atoms with Gasteiger partial charge in [-0.25, -0.2) is 12.7 Å². The molecule has 0 radical (unpaired) electrons. The van der Waals surface area contributed by atoms with Crippen LogP contribution in [0.5, 0.6) is 0 Å². The lowest BCUT2D eigenvalue weighted by atomic mass is 10.0. The summed E-state index contributed by atoms with van der Waals surface area (Å²) in [6, 6.07) is 4.18. The Morgan fingerprint density at radius 2 is 1.87 bits per heavy atom. The van der Waals surface area contributed by atoms with Crippen molar-refractivity contribution >= 4 is 34.0 Å². The molecular formula is C15H26ClN3O3S. The van der Waals surface area contributed by atoms with E-state index < -0.39 is 16.1 Å². The van der Waals surface area contributed by atoms with E-state index in [-0.39, 0.29) is 23.2 Å². The third-order valence-electron chi connectivity index (χ3n) is 3.28. The number of nitrogens with one attached hydrogen (secondary N) is 1. The minimum atomic E-state index is -3.55. The standard InChI is InChI=1S/C15H25N3O3S.ClH/c1-10(2)8-13(16)15(19)17-12-7-6-11(3)14(9-12)22(20,21)18(4)5;/h6-7,9-10,13H,8,16H2,1-5H3,(H,17,19);1H/t13-;/m0./s1. The summed E-state index contributed by atoms with van der Waals surface area (Å²) in [6.07, 6.45) is 0.570. The van der Waals surface area contributed by atoms with Crippen LogP contribution in [0.25, 0.3) is 0 Å². The molecular weight excluding hydrogens is 338 g/mol. The molecule has 1 aromatic rings. The smallest absolute Gasteiger partial charge is 0.242 e. The van der Waals surface area contributed by atoms with Crippen LogP contribution in [0.4, 0.5) is 5.69 Å². The Morgan fingerprint density at radius 3 is 2.35 bits per heavy atom. The largest absolute Gasteiger partial charge is 0.325 e. The van der Waals surface area contributed by atoms with E-state index in [1.165, 1.54) is 20.2 Å². The van der Waals surface area contributed by atoms with Crippen LogP contribution in [0.2, 0.25) is 0 Å². The van der Waals surface area contributed by atoms with E-state index in [0.29, 0.717) is 23.6 Å². The second-order valence-corrected chi connectivity index (χ2v) is 8.11. The number of carbonyl (C=O) groups excluding carboxylic acids is 1. The van der Waals surface area contributed by atoms with Crippen LogP contribution < -0.4 is 11.1 Å². The summed E-state index contributed by atoms with van der Waals surface area (Å²) in [4.78, 5) is 12.2. The lowest BCUT2D eigenvalue weighted by Gasteiger charge is -2.17. The number of halogens is 1.